The van der Waals surface area contributed by atoms with Gasteiger partial charge in [0.1, 0.15) is 0 Å². The minimum Gasteiger partial charge on any atom is -0.325 e. The highest BCUT2D eigenvalue weighted by molar-refractivity contribution is 6.34. The van der Waals surface area contributed by atoms with Gasteiger partial charge in [-0.05, 0) is 12.1 Å². The molecule has 0 aromatic heterocycles. The van der Waals surface area contributed by atoms with Gasteiger partial charge in [-0.2, -0.15) is 0 Å². The summed E-state index contributed by atoms with van der Waals surface area (Å²) in [5.41, 5.74) is -0.415. The first-order valence-electron chi connectivity index (χ1n) is 7.65. The first-order valence-corrected chi connectivity index (χ1v) is 8.40. The smallest absolute Gasteiger partial charge is 0.271 e. The lowest BCUT2D eigenvalue weighted by molar-refractivity contribution is -0.385. The Hall–Kier alpha value is -3.24. The number of anilines is 2. The molecule has 0 fully saturated rings. The topological polar surface area (TPSA) is 144 Å². The Balaban J connectivity index is 1.95. The maximum atomic E-state index is 12.0. The van der Waals surface area contributed by atoms with Crippen LogP contribution in [0.1, 0.15) is 12.8 Å². The van der Waals surface area contributed by atoms with Gasteiger partial charge in [0.25, 0.3) is 11.4 Å². The van der Waals surface area contributed by atoms with E-state index in [1.165, 1.54) is 24.3 Å². The number of carbonyl (C=O) groups excluding carboxylic acids is 2. The van der Waals surface area contributed by atoms with Crippen LogP contribution in [0.5, 0.6) is 0 Å². The SMILES string of the molecule is O=C(CCC(=O)Nc1cc([N+](=O)[O-])ccc1Cl)Nc1cc([N+](=O)[O-])ccc1Cl. The van der Waals surface area contributed by atoms with Gasteiger partial charge in [0.15, 0.2) is 0 Å². The fourth-order valence-corrected chi connectivity index (χ4v) is 2.43. The average molecular weight is 427 g/mol. The zero-order chi connectivity index (χ0) is 20.8. The molecule has 10 nitrogen and oxygen atoms in total. The number of hydrogen-bond acceptors (Lipinski definition) is 6. The number of carbonyl (C=O) groups is 2. The summed E-state index contributed by atoms with van der Waals surface area (Å²) in [6, 6.07) is 7.12. The van der Waals surface area contributed by atoms with Gasteiger partial charge in [-0.25, -0.2) is 0 Å². The highest BCUT2D eigenvalue weighted by Crippen LogP contribution is 2.28. The first-order chi connectivity index (χ1) is 13.2. The second-order valence-electron chi connectivity index (χ2n) is 5.44. The fourth-order valence-electron chi connectivity index (χ4n) is 2.10. The van der Waals surface area contributed by atoms with Crippen molar-refractivity contribution in [2.45, 2.75) is 12.8 Å². The minimum absolute atomic E-state index is 0.0444. The van der Waals surface area contributed by atoms with E-state index in [0.29, 0.717) is 0 Å². The summed E-state index contributed by atoms with van der Waals surface area (Å²) in [6.07, 6.45) is -0.505. The van der Waals surface area contributed by atoms with E-state index in [4.69, 9.17) is 23.2 Å². The number of benzene rings is 2. The molecule has 28 heavy (non-hydrogen) atoms. The summed E-state index contributed by atoms with van der Waals surface area (Å²) < 4.78 is 0. The van der Waals surface area contributed by atoms with Crippen LogP contribution < -0.4 is 10.6 Å². The molecule has 2 rings (SSSR count). The summed E-state index contributed by atoms with van der Waals surface area (Å²) in [6.45, 7) is 0. The predicted molar refractivity (Wildman–Crippen MR) is 103 cm³/mol. The van der Waals surface area contributed by atoms with Gasteiger partial charge in [-0.3, -0.25) is 29.8 Å². The van der Waals surface area contributed by atoms with Crippen LogP contribution >= 0.6 is 23.2 Å². The van der Waals surface area contributed by atoms with Crippen molar-refractivity contribution in [2.75, 3.05) is 10.6 Å². The van der Waals surface area contributed by atoms with Crippen LogP contribution in [0, 0.1) is 20.2 Å². The molecule has 2 aromatic carbocycles. The van der Waals surface area contributed by atoms with Gasteiger partial charge in [-0.15, -0.1) is 0 Å². The van der Waals surface area contributed by atoms with Crippen LogP contribution in [-0.2, 0) is 9.59 Å². The van der Waals surface area contributed by atoms with Crippen LogP contribution in [0.2, 0.25) is 10.0 Å². The van der Waals surface area contributed by atoms with E-state index in [-0.39, 0.29) is 45.6 Å². The molecule has 146 valence electrons. The molecular weight excluding hydrogens is 415 g/mol. The number of nitrogens with one attached hydrogen (secondary N) is 2. The Labute approximate surface area is 167 Å². The van der Waals surface area contributed by atoms with Crippen molar-refractivity contribution in [1.29, 1.82) is 0 Å². The zero-order valence-corrected chi connectivity index (χ0v) is 15.5. The van der Waals surface area contributed by atoms with E-state index in [2.05, 4.69) is 10.6 Å². The number of amides is 2. The van der Waals surface area contributed by atoms with Crippen molar-refractivity contribution in [3.05, 3.63) is 66.7 Å². The number of nitro benzene ring substituents is 2. The quantitative estimate of drug-likeness (QED) is 0.501. The maximum Gasteiger partial charge on any atom is 0.271 e. The van der Waals surface area contributed by atoms with Gasteiger partial charge in [0.05, 0.1) is 31.3 Å². The van der Waals surface area contributed by atoms with E-state index < -0.39 is 21.7 Å². The lowest BCUT2D eigenvalue weighted by Gasteiger charge is -2.09. The second-order valence-corrected chi connectivity index (χ2v) is 6.25. The molecule has 0 saturated heterocycles. The Bertz CT molecular complexity index is 889. The number of hydrogen-bond donors (Lipinski definition) is 2. The molecule has 0 bridgehead atoms. The third-order valence-corrected chi connectivity index (χ3v) is 4.11. The molecule has 2 N–H and O–H groups in total. The number of nitro groups is 2. The molecule has 12 heteroatoms. The Morgan fingerprint density at radius 2 is 1.14 bits per heavy atom. The molecule has 0 aliphatic carbocycles. The molecule has 2 aromatic rings. The highest BCUT2D eigenvalue weighted by atomic mass is 35.5. The van der Waals surface area contributed by atoms with Crippen molar-refractivity contribution in [3.8, 4) is 0 Å². The molecule has 0 spiro atoms. The first kappa shape index (κ1) is 21.1. The van der Waals surface area contributed by atoms with Crippen LogP contribution in [-0.4, -0.2) is 21.7 Å². The third-order valence-electron chi connectivity index (χ3n) is 3.45. The largest absolute Gasteiger partial charge is 0.325 e. The van der Waals surface area contributed by atoms with Crippen molar-refractivity contribution < 1.29 is 19.4 Å². The van der Waals surface area contributed by atoms with Gasteiger partial charge in [0.2, 0.25) is 11.8 Å². The highest BCUT2D eigenvalue weighted by Gasteiger charge is 2.15. The molecule has 0 saturated carbocycles. The lowest BCUT2D eigenvalue weighted by atomic mass is 10.2. The van der Waals surface area contributed by atoms with Crippen LogP contribution in [0.15, 0.2) is 36.4 Å². The van der Waals surface area contributed by atoms with Crippen molar-refractivity contribution in [2.24, 2.45) is 0 Å². The second kappa shape index (κ2) is 9.11. The Morgan fingerprint density at radius 3 is 1.46 bits per heavy atom. The third kappa shape index (κ3) is 5.63. The number of nitrogens with zero attached hydrogens (tertiary/aromatic N) is 2. The molecule has 0 atom stereocenters. The van der Waals surface area contributed by atoms with E-state index >= 15 is 0 Å². The minimum atomic E-state index is -0.637. The van der Waals surface area contributed by atoms with Gasteiger partial charge >= 0.3 is 0 Å². The van der Waals surface area contributed by atoms with E-state index in [1.54, 1.807) is 0 Å². The van der Waals surface area contributed by atoms with E-state index in [9.17, 15) is 29.8 Å². The predicted octanol–water partition coefficient (Wildman–Crippen LogP) is 4.17. The van der Waals surface area contributed by atoms with Gasteiger partial charge < -0.3 is 10.6 Å². The molecule has 0 radical (unpaired) electrons. The normalized spacial score (nSPS) is 10.2. The van der Waals surface area contributed by atoms with Gasteiger partial charge in [-0.1, -0.05) is 23.2 Å². The number of rotatable bonds is 7. The van der Waals surface area contributed by atoms with Gasteiger partial charge in [0, 0.05) is 37.1 Å². The molecular formula is C16H12Cl2N4O6. The lowest BCUT2D eigenvalue weighted by Crippen LogP contribution is -2.17. The molecule has 0 heterocycles. The average Bonchev–Trinajstić information content (AvgIpc) is 2.63. The summed E-state index contributed by atoms with van der Waals surface area (Å²) in [7, 11) is 0. The maximum absolute atomic E-state index is 12.0. The summed E-state index contributed by atoms with van der Waals surface area (Å²) in [5, 5.41) is 26.5. The van der Waals surface area contributed by atoms with E-state index in [1.807, 2.05) is 0 Å². The zero-order valence-electron chi connectivity index (χ0n) is 14.0. The van der Waals surface area contributed by atoms with Crippen LogP contribution in [0.3, 0.4) is 0 Å². The molecule has 0 aliphatic rings. The Kier molecular flexibility index (Phi) is 6.85. The molecule has 0 aliphatic heterocycles. The molecule has 2 amide bonds. The summed E-state index contributed by atoms with van der Waals surface area (Å²) in [5.74, 6) is -1.19. The molecule has 0 unspecified atom stereocenters. The summed E-state index contributed by atoms with van der Waals surface area (Å²) >= 11 is 11.8. The van der Waals surface area contributed by atoms with Crippen molar-refractivity contribution in [1.82, 2.24) is 0 Å². The summed E-state index contributed by atoms with van der Waals surface area (Å²) in [4.78, 5) is 44.2. The van der Waals surface area contributed by atoms with Crippen molar-refractivity contribution >= 4 is 57.8 Å². The number of non-ortho nitro benzene ring substituents is 2. The Morgan fingerprint density at radius 1 is 0.786 bits per heavy atom. The van der Waals surface area contributed by atoms with E-state index in [0.717, 1.165) is 12.1 Å². The number of halogens is 2. The van der Waals surface area contributed by atoms with Crippen molar-refractivity contribution in [3.63, 3.8) is 0 Å². The van der Waals surface area contributed by atoms with Crippen LogP contribution in [0.4, 0.5) is 22.7 Å². The van der Waals surface area contributed by atoms with Crippen LogP contribution in [0.25, 0.3) is 0 Å². The standard InChI is InChI=1S/C16H12Cl2N4O6/c17-11-3-1-9(21(25)26)7-13(11)19-15(23)5-6-16(24)20-14-8-10(22(27)28)2-4-12(14)18/h1-4,7-8H,5-6H2,(H,19,23)(H,20,24). The fraction of sp³-hybridized carbons (Fsp3) is 0.125. The monoisotopic (exact) mass is 426 g/mol.